The van der Waals surface area contributed by atoms with E-state index in [0.29, 0.717) is 17.2 Å². The molecule has 1 saturated carbocycles. The first kappa shape index (κ1) is 23.1. The number of anilines is 1. The Morgan fingerprint density at radius 2 is 1.02 bits per heavy atom. The van der Waals surface area contributed by atoms with Gasteiger partial charge in [0.05, 0.1) is 28.4 Å². The van der Waals surface area contributed by atoms with Crippen LogP contribution < -0.4 is 9.64 Å². The molecule has 1 heterocycles. The quantitative estimate of drug-likeness (QED) is 0.195. The minimum atomic E-state index is -1.13. The highest BCUT2D eigenvalue weighted by Crippen LogP contribution is 2.69. The fraction of sp³-hybridized carbons (Fsp3) is 0.171. The van der Waals surface area contributed by atoms with Crippen LogP contribution in [0.25, 0.3) is 21.5 Å². The summed E-state index contributed by atoms with van der Waals surface area (Å²) in [6.45, 7) is 3.76. The first-order valence-corrected chi connectivity index (χ1v) is 13.6. The SMILES string of the molecule is C[C@]12C(=O)[C@](C)(c3c1c1ccccc1c1ccccc31)[C@@H]1C(=O)N(c3ccccc3Oc3ccccc3)C(=O)[C@@H]12. The van der Waals surface area contributed by atoms with E-state index in [2.05, 4.69) is 12.1 Å². The van der Waals surface area contributed by atoms with Crippen molar-refractivity contribution in [1.29, 1.82) is 0 Å². The molecule has 0 aromatic heterocycles. The second kappa shape index (κ2) is 7.66. The van der Waals surface area contributed by atoms with E-state index in [1.807, 2.05) is 86.6 Å². The van der Waals surface area contributed by atoms with Crippen LogP contribution in [0.1, 0.15) is 25.0 Å². The molecular formula is C35H25NO4. The van der Waals surface area contributed by atoms with E-state index in [1.165, 1.54) is 4.90 Å². The molecule has 2 bridgehead atoms. The molecule has 3 aliphatic rings. The third-order valence-corrected chi connectivity index (χ3v) is 9.54. The Morgan fingerprint density at radius 1 is 0.575 bits per heavy atom. The van der Waals surface area contributed by atoms with E-state index in [-0.39, 0.29) is 17.6 Å². The Morgan fingerprint density at radius 3 is 1.57 bits per heavy atom. The molecule has 2 amide bonds. The van der Waals surface area contributed by atoms with Crippen LogP contribution in [-0.2, 0) is 25.2 Å². The molecule has 5 aromatic carbocycles. The van der Waals surface area contributed by atoms with Crippen molar-refractivity contribution in [3.63, 3.8) is 0 Å². The second-order valence-corrected chi connectivity index (χ2v) is 11.4. The number of nitrogens with zero attached hydrogens (tertiary/aromatic N) is 1. The van der Waals surface area contributed by atoms with Gasteiger partial charge in [-0.25, -0.2) is 4.90 Å². The molecule has 0 spiro atoms. The lowest BCUT2D eigenvalue weighted by atomic mass is 9.63. The molecule has 1 aliphatic heterocycles. The highest BCUT2D eigenvalue weighted by Gasteiger charge is 2.78. The van der Waals surface area contributed by atoms with Gasteiger partial charge in [0.15, 0.2) is 11.5 Å². The van der Waals surface area contributed by atoms with Crippen molar-refractivity contribution >= 4 is 44.8 Å². The highest BCUT2D eigenvalue weighted by molar-refractivity contribution is 6.32. The summed E-state index contributed by atoms with van der Waals surface area (Å²) in [5, 5.41) is 4.05. The van der Waals surface area contributed by atoms with Crippen LogP contribution in [-0.4, -0.2) is 17.6 Å². The summed E-state index contributed by atoms with van der Waals surface area (Å²) < 4.78 is 6.15. The molecule has 1 saturated heterocycles. The third kappa shape index (κ3) is 2.56. The van der Waals surface area contributed by atoms with E-state index in [0.717, 1.165) is 32.7 Å². The lowest BCUT2D eigenvalue weighted by Crippen LogP contribution is -2.42. The van der Waals surface area contributed by atoms with Gasteiger partial charge in [-0.3, -0.25) is 14.4 Å². The van der Waals surface area contributed by atoms with E-state index in [1.54, 1.807) is 18.2 Å². The summed E-state index contributed by atoms with van der Waals surface area (Å²) in [7, 11) is 0. The number of carbonyl (C=O) groups is 3. The highest BCUT2D eigenvalue weighted by atomic mass is 16.5. The lowest BCUT2D eigenvalue weighted by molar-refractivity contribution is -0.131. The van der Waals surface area contributed by atoms with Crippen molar-refractivity contribution in [3.8, 4) is 11.5 Å². The minimum absolute atomic E-state index is 0.0401. The van der Waals surface area contributed by atoms with Gasteiger partial charge in [-0.05, 0) is 70.8 Å². The molecule has 40 heavy (non-hydrogen) atoms. The largest absolute Gasteiger partial charge is 0.455 e. The number of para-hydroxylation sites is 3. The number of amides is 2. The number of benzene rings is 5. The van der Waals surface area contributed by atoms with Crippen molar-refractivity contribution in [2.45, 2.75) is 24.7 Å². The normalized spacial score (nSPS) is 26.6. The number of ketones is 1. The number of imide groups is 1. The van der Waals surface area contributed by atoms with Gasteiger partial charge in [0.1, 0.15) is 5.75 Å². The molecule has 5 aromatic rings. The van der Waals surface area contributed by atoms with Gasteiger partial charge in [0, 0.05) is 0 Å². The molecule has 5 nitrogen and oxygen atoms in total. The number of hydrogen-bond donors (Lipinski definition) is 0. The molecule has 2 fully saturated rings. The van der Waals surface area contributed by atoms with Crippen LogP contribution in [0.5, 0.6) is 11.5 Å². The van der Waals surface area contributed by atoms with Gasteiger partial charge in [-0.1, -0.05) is 78.9 Å². The topological polar surface area (TPSA) is 63.7 Å². The summed E-state index contributed by atoms with van der Waals surface area (Å²) in [6.07, 6.45) is 0. The maximum atomic E-state index is 14.5. The summed E-state index contributed by atoms with van der Waals surface area (Å²) in [5.74, 6) is -1.30. The number of carbonyl (C=O) groups excluding carboxylic acids is 3. The van der Waals surface area contributed by atoms with Crippen LogP contribution >= 0.6 is 0 Å². The van der Waals surface area contributed by atoms with Gasteiger partial charge in [-0.2, -0.15) is 0 Å². The number of ether oxygens (including phenoxy) is 1. The van der Waals surface area contributed by atoms with E-state index >= 15 is 0 Å². The fourth-order valence-corrected chi connectivity index (χ4v) is 7.99. The van der Waals surface area contributed by atoms with Gasteiger partial charge < -0.3 is 4.74 Å². The predicted octanol–water partition coefficient (Wildman–Crippen LogP) is 6.70. The summed E-state index contributed by atoms with van der Waals surface area (Å²) >= 11 is 0. The molecule has 2 aliphatic carbocycles. The van der Waals surface area contributed by atoms with Gasteiger partial charge in [0.25, 0.3) is 0 Å². The van der Waals surface area contributed by atoms with Crippen LogP contribution in [0.15, 0.2) is 103 Å². The van der Waals surface area contributed by atoms with Crippen LogP contribution in [0, 0.1) is 11.8 Å². The van der Waals surface area contributed by atoms with Crippen molar-refractivity contribution in [2.24, 2.45) is 11.8 Å². The first-order chi connectivity index (χ1) is 19.4. The van der Waals surface area contributed by atoms with Crippen molar-refractivity contribution in [3.05, 3.63) is 114 Å². The molecule has 0 radical (unpaired) electrons. The van der Waals surface area contributed by atoms with Gasteiger partial charge >= 0.3 is 0 Å². The molecule has 0 unspecified atom stereocenters. The maximum absolute atomic E-state index is 14.5. The van der Waals surface area contributed by atoms with Gasteiger partial charge in [-0.15, -0.1) is 0 Å². The van der Waals surface area contributed by atoms with Gasteiger partial charge in [0.2, 0.25) is 11.8 Å². The standard InChI is InChI=1S/C35H25NO4/c1-34-27-23-16-8-6-14-21(23)22-15-7-9-17-24(22)28(27)35(2,33(34)39)30-29(34)31(37)36(32(30)38)25-18-10-11-19-26(25)40-20-12-4-3-5-13-20/h3-19,29-30H,1-2H3/t29-,30+,34+,35-. The summed E-state index contributed by atoms with van der Waals surface area (Å²) in [6, 6.07) is 32.6. The third-order valence-electron chi connectivity index (χ3n) is 9.54. The maximum Gasteiger partial charge on any atom is 0.239 e. The minimum Gasteiger partial charge on any atom is -0.455 e. The van der Waals surface area contributed by atoms with Crippen LogP contribution in [0.3, 0.4) is 0 Å². The number of Topliss-reactive ketones (excluding diaryl/α,β-unsaturated/α-hetero) is 1. The Hall–Kier alpha value is -4.77. The Labute approximate surface area is 231 Å². The van der Waals surface area contributed by atoms with Crippen molar-refractivity contribution in [2.75, 3.05) is 4.90 Å². The first-order valence-electron chi connectivity index (χ1n) is 13.6. The number of fused-ring (bicyclic) bond motifs is 13. The zero-order chi connectivity index (χ0) is 27.4. The second-order valence-electron chi connectivity index (χ2n) is 11.4. The zero-order valence-electron chi connectivity index (χ0n) is 22.0. The lowest BCUT2D eigenvalue weighted by Gasteiger charge is -2.35. The van der Waals surface area contributed by atoms with Crippen molar-refractivity contribution in [1.82, 2.24) is 0 Å². The van der Waals surface area contributed by atoms with E-state index in [4.69, 9.17) is 4.74 Å². The Bertz CT molecular complexity index is 1850. The van der Waals surface area contributed by atoms with Crippen LogP contribution in [0.2, 0.25) is 0 Å². The molecule has 8 rings (SSSR count). The Balaban J connectivity index is 1.36. The molecule has 194 valence electrons. The zero-order valence-corrected chi connectivity index (χ0v) is 22.0. The Kier molecular flexibility index (Phi) is 4.43. The monoisotopic (exact) mass is 523 g/mol. The van der Waals surface area contributed by atoms with Crippen LogP contribution in [0.4, 0.5) is 5.69 Å². The smallest absolute Gasteiger partial charge is 0.239 e. The average Bonchev–Trinajstić information content (AvgIpc) is 3.43. The van der Waals surface area contributed by atoms with Crippen molar-refractivity contribution < 1.29 is 19.1 Å². The molecule has 0 N–H and O–H groups in total. The molecular weight excluding hydrogens is 498 g/mol. The van der Waals surface area contributed by atoms with E-state index < -0.39 is 22.7 Å². The molecule has 5 heteroatoms. The van der Waals surface area contributed by atoms with E-state index in [9.17, 15) is 14.4 Å². The average molecular weight is 524 g/mol. The summed E-state index contributed by atoms with van der Waals surface area (Å²) in [4.78, 5) is 44.5. The summed E-state index contributed by atoms with van der Waals surface area (Å²) in [5.41, 5.74) is -0.0714. The fourth-order valence-electron chi connectivity index (χ4n) is 7.99. The number of hydrogen-bond acceptors (Lipinski definition) is 4. The number of rotatable bonds is 3. The molecule has 4 atom stereocenters. The predicted molar refractivity (Wildman–Crippen MR) is 154 cm³/mol.